The van der Waals surface area contributed by atoms with E-state index in [1.807, 2.05) is 31.2 Å². The molecule has 0 saturated heterocycles. The molecular formula is C12H18BrNO2S. The molecule has 1 aromatic rings. The van der Waals surface area contributed by atoms with Crippen LogP contribution in [0, 0.1) is 0 Å². The second-order valence-corrected chi connectivity index (χ2v) is 6.43. The highest BCUT2D eigenvalue weighted by atomic mass is 79.9. The first-order chi connectivity index (χ1) is 8.07. The van der Waals surface area contributed by atoms with Crippen molar-refractivity contribution in [2.45, 2.75) is 31.6 Å². The summed E-state index contributed by atoms with van der Waals surface area (Å²) >= 11 is 3.38. The molecule has 0 spiro atoms. The Hall–Kier alpha value is -0.390. The average molecular weight is 320 g/mol. The summed E-state index contributed by atoms with van der Waals surface area (Å²) in [5.74, 6) is 0.210. The molecule has 3 nitrogen and oxygen atoms in total. The summed E-state index contributed by atoms with van der Waals surface area (Å²) in [7, 11) is -3.12. The molecule has 0 heterocycles. The number of halogens is 1. The lowest BCUT2D eigenvalue weighted by Gasteiger charge is -2.07. The van der Waals surface area contributed by atoms with E-state index in [1.54, 1.807) is 0 Å². The van der Waals surface area contributed by atoms with E-state index in [1.165, 1.54) is 0 Å². The highest BCUT2D eigenvalue weighted by molar-refractivity contribution is 9.08. The van der Waals surface area contributed by atoms with Crippen molar-refractivity contribution >= 4 is 26.0 Å². The fraction of sp³-hybridized carbons (Fsp3) is 0.500. The number of alkyl halides is 1. The van der Waals surface area contributed by atoms with Crippen molar-refractivity contribution in [3.05, 3.63) is 35.4 Å². The Morgan fingerprint density at radius 2 is 2.00 bits per heavy atom. The predicted octanol–water partition coefficient (Wildman–Crippen LogP) is 2.80. The van der Waals surface area contributed by atoms with Gasteiger partial charge in [0.25, 0.3) is 0 Å². The van der Waals surface area contributed by atoms with Gasteiger partial charge in [-0.15, -0.1) is 0 Å². The van der Waals surface area contributed by atoms with E-state index in [9.17, 15) is 8.42 Å². The van der Waals surface area contributed by atoms with Crippen LogP contribution in [0.1, 0.15) is 30.9 Å². The van der Waals surface area contributed by atoms with Crippen LogP contribution in [0.3, 0.4) is 0 Å². The fourth-order valence-corrected chi connectivity index (χ4v) is 2.97. The van der Waals surface area contributed by atoms with Gasteiger partial charge in [-0.1, -0.05) is 53.5 Å². The molecule has 0 aliphatic heterocycles. The van der Waals surface area contributed by atoms with Crippen LogP contribution in [-0.2, 0) is 21.9 Å². The molecular weight excluding hydrogens is 302 g/mol. The minimum atomic E-state index is -3.12. The molecule has 5 heteroatoms. The van der Waals surface area contributed by atoms with Gasteiger partial charge >= 0.3 is 0 Å². The molecule has 0 aliphatic rings. The van der Waals surface area contributed by atoms with Crippen LogP contribution >= 0.6 is 15.9 Å². The molecule has 1 rings (SSSR count). The number of hydrogen-bond acceptors (Lipinski definition) is 2. The lowest BCUT2D eigenvalue weighted by atomic mass is 10.1. The number of sulfonamides is 1. The van der Waals surface area contributed by atoms with Gasteiger partial charge in [0.05, 0.1) is 5.75 Å². The van der Waals surface area contributed by atoms with E-state index in [2.05, 4.69) is 20.7 Å². The third-order valence-electron chi connectivity index (χ3n) is 2.41. The number of benzene rings is 1. The largest absolute Gasteiger partial charge is 0.212 e. The van der Waals surface area contributed by atoms with Crippen molar-refractivity contribution in [1.82, 2.24) is 4.72 Å². The van der Waals surface area contributed by atoms with Crippen LogP contribution in [0.4, 0.5) is 0 Å². The van der Waals surface area contributed by atoms with Crippen LogP contribution in [0.5, 0.6) is 0 Å². The van der Waals surface area contributed by atoms with Gasteiger partial charge in [0, 0.05) is 11.9 Å². The zero-order valence-corrected chi connectivity index (χ0v) is 12.4. The fourth-order valence-electron chi connectivity index (χ4n) is 1.42. The lowest BCUT2D eigenvalue weighted by Crippen LogP contribution is -2.25. The van der Waals surface area contributed by atoms with Crippen molar-refractivity contribution in [1.29, 1.82) is 0 Å². The van der Waals surface area contributed by atoms with Gasteiger partial charge < -0.3 is 0 Å². The van der Waals surface area contributed by atoms with Crippen LogP contribution < -0.4 is 4.72 Å². The second kappa shape index (κ2) is 7.13. The van der Waals surface area contributed by atoms with Crippen LogP contribution in [0.2, 0.25) is 0 Å². The number of unbranched alkanes of at least 4 members (excludes halogenated alkanes) is 1. The monoisotopic (exact) mass is 319 g/mol. The normalized spacial score (nSPS) is 11.6. The summed E-state index contributed by atoms with van der Waals surface area (Å²) in [6, 6.07) is 7.86. The molecule has 0 radical (unpaired) electrons. The zero-order chi connectivity index (χ0) is 12.7. The maximum atomic E-state index is 11.6. The molecule has 17 heavy (non-hydrogen) atoms. The molecule has 0 atom stereocenters. The molecule has 0 aromatic heterocycles. The minimum Gasteiger partial charge on any atom is -0.212 e. The summed E-state index contributed by atoms with van der Waals surface area (Å²) in [5, 5.41) is 0.781. The van der Waals surface area contributed by atoms with Gasteiger partial charge in [-0.25, -0.2) is 13.1 Å². The van der Waals surface area contributed by atoms with Crippen LogP contribution in [0.15, 0.2) is 24.3 Å². The van der Waals surface area contributed by atoms with Gasteiger partial charge in [-0.3, -0.25) is 0 Å². The van der Waals surface area contributed by atoms with E-state index >= 15 is 0 Å². The van der Waals surface area contributed by atoms with Crippen molar-refractivity contribution in [3.8, 4) is 0 Å². The highest BCUT2D eigenvalue weighted by Crippen LogP contribution is 2.09. The predicted molar refractivity (Wildman–Crippen MR) is 74.6 cm³/mol. The third-order valence-corrected chi connectivity index (χ3v) is 4.47. The van der Waals surface area contributed by atoms with Gasteiger partial charge in [-0.2, -0.15) is 0 Å². The third kappa shape index (κ3) is 5.66. The Labute approximate surface area is 112 Å². The average Bonchev–Trinajstić information content (AvgIpc) is 2.34. The Kier molecular flexibility index (Phi) is 6.16. The molecule has 0 fully saturated rings. The van der Waals surface area contributed by atoms with Gasteiger partial charge in [-0.05, 0) is 17.5 Å². The van der Waals surface area contributed by atoms with E-state index in [0.717, 1.165) is 22.9 Å². The zero-order valence-electron chi connectivity index (χ0n) is 9.95. The SMILES string of the molecule is CCCCS(=O)(=O)NCc1cccc(CBr)c1. The molecule has 0 amide bonds. The summed E-state index contributed by atoms with van der Waals surface area (Å²) < 4.78 is 25.8. The number of rotatable bonds is 7. The van der Waals surface area contributed by atoms with Crippen molar-refractivity contribution in [3.63, 3.8) is 0 Å². The minimum absolute atomic E-state index is 0.210. The standard InChI is InChI=1S/C12H18BrNO2S/c1-2-3-7-17(15,16)14-10-12-6-4-5-11(8-12)9-13/h4-6,8,14H,2-3,7,9-10H2,1H3. The van der Waals surface area contributed by atoms with Crippen LogP contribution in [0.25, 0.3) is 0 Å². The maximum absolute atomic E-state index is 11.6. The molecule has 0 bridgehead atoms. The Balaban J connectivity index is 2.54. The quantitative estimate of drug-likeness (QED) is 0.785. The number of hydrogen-bond donors (Lipinski definition) is 1. The molecule has 1 N–H and O–H groups in total. The Morgan fingerprint density at radius 3 is 2.65 bits per heavy atom. The molecule has 0 saturated carbocycles. The molecule has 0 unspecified atom stereocenters. The van der Waals surface area contributed by atoms with E-state index in [-0.39, 0.29) is 5.75 Å². The topological polar surface area (TPSA) is 46.2 Å². The van der Waals surface area contributed by atoms with Gasteiger partial charge in [0.1, 0.15) is 0 Å². The van der Waals surface area contributed by atoms with E-state index in [0.29, 0.717) is 13.0 Å². The van der Waals surface area contributed by atoms with Crippen molar-refractivity contribution in [2.24, 2.45) is 0 Å². The van der Waals surface area contributed by atoms with Crippen molar-refractivity contribution < 1.29 is 8.42 Å². The summed E-state index contributed by atoms with van der Waals surface area (Å²) in [4.78, 5) is 0. The summed E-state index contributed by atoms with van der Waals surface area (Å²) in [5.41, 5.74) is 2.14. The Bertz CT molecular complexity index is 446. The van der Waals surface area contributed by atoms with Gasteiger partial charge in [0.15, 0.2) is 0 Å². The first kappa shape index (κ1) is 14.7. The van der Waals surface area contributed by atoms with E-state index < -0.39 is 10.0 Å². The summed E-state index contributed by atoms with van der Waals surface area (Å²) in [6.07, 6.45) is 1.59. The molecule has 96 valence electrons. The molecule has 1 aromatic carbocycles. The van der Waals surface area contributed by atoms with E-state index in [4.69, 9.17) is 0 Å². The smallest absolute Gasteiger partial charge is 0.211 e. The summed E-state index contributed by atoms with van der Waals surface area (Å²) in [6.45, 7) is 2.35. The second-order valence-electron chi connectivity index (χ2n) is 3.95. The highest BCUT2D eigenvalue weighted by Gasteiger charge is 2.08. The molecule has 0 aliphatic carbocycles. The van der Waals surface area contributed by atoms with Gasteiger partial charge in [0.2, 0.25) is 10.0 Å². The van der Waals surface area contributed by atoms with Crippen LogP contribution in [-0.4, -0.2) is 14.2 Å². The number of nitrogens with one attached hydrogen (secondary N) is 1. The first-order valence-corrected chi connectivity index (χ1v) is 8.46. The lowest BCUT2D eigenvalue weighted by molar-refractivity contribution is 0.578. The van der Waals surface area contributed by atoms with Crippen molar-refractivity contribution in [2.75, 3.05) is 5.75 Å². The first-order valence-electron chi connectivity index (χ1n) is 5.68. The maximum Gasteiger partial charge on any atom is 0.211 e. The Morgan fingerprint density at radius 1 is 1.29 bits per heavy atom.